The number of anilines is 1. The molecule has 2 N–H and O–H groups in total. The summed E-state index contributed by atoms with van der Waals surface area (Å²) in [7, 11) is 0. The van der Waals surface area contributed by atoms with Crippen molar-refractivity contribution in [3.8, 4) is 22.5 Å². The van der Waals surface area contributed by atoms with Crippen molar-refractivity contribution in [3.63, 3.8) is 0 Å². The number of piperazine rings is 1. The van der Waals surface area contributed by atoms with Crippen molar-refractivity contribution in [1.29, 1.82) is 0 Å². The molecule has 0 atom stereocenters. The van der Waals surface area contributed by atoms with E-state index in [0.717, 1.165) is 80.6 Å². The Bertz CT molecular complexity index is 1740. The van der Waals surface area contributed by atoms with Gasteiger partial charge < -0.3 is 15.2 Å². The third kappa shape index (κ3) is 4.89. The first kappa shape index (κ1) is 25.7. The maximum atomic E-state index is 4.82. The Balaban J connectivity index is 1.07. The fourth-order valence-corrected chi connectivity index (χ4v) is 6.90. The second-order valence-corrected chi connectivity index (χ2v) is 12.3. The Labute approximate surface area is 247 Å². The van der Waals surface area contributed by atoms with E-state index in [0.29, 0.717) is 0 Å². The van der Waals surface area contributed by atoms with Crippen LogP contribution < -0.4 is 10.2 Å². The van der Waals surface area contributed by atoms with Crippen LogP contribution in [0.5, 0.6) is 0 Å². The van der Waals surface area contributed by atoms with Crippen molar-refractivity contribution < 1.29 is 0 Å². The van der Waals surface area contributed by atoms with Crippen LogP contribution in [0.1, 0.15) is 46.6 Å². The van der Waals surface area contributed by atoms with Crippen molar-refractivity contribution in [3.05, 3.63) is 101 Å². The molecule has 0 bridgehead atoms. The summed E-state index contributed by atoms with van der Waals surface area (Å²) in [6, 6.07) is 25.1. The molecule has 212 valence electrons. The quantitative estimate of drug-likeness (QED) is 0.253. The van der Waals surface area contributed by atoms with Crippen LogP contribution in [-0.4, -0.2) is 52.6 Å². The minimum atomic E-state index is 0.813. The Hall–Kier alpha value is -4.00. The third-order valence-electron chi connectivity index (χ3n) is 9.50. The molecule has 1 saturated carbocycles. The fraction of sp³-hybridized carbons (Fsp3) is 0.333. The lowest BCUT2D eigenvalue weighted by molar-refractivity contribution is 0.233. The zero-order valence-corrected chi connectivity index (χ0v) is 24.4. The van der Waals surface area contributed by atoms with Gasteiger partial charge in [0.25, 0.3) is 0 Å². The summed E-state index contributed by atoms with van der Waals surface area (Å²) in [6.45, 7) is 9.62. The van der Waals surface area contributed by atoms with Gasteiger partial charge in [-0.05, 0) is 77.6 Å². The number of H-pyrrole nitrogens is 1. The lowest BCUT2D eigenvalue weighted by Crippen LogP contribution is -2.42. The summed E-state index contributed by atoms with van der Waals surface area (Å²) in [4.78, 5) is 18.1. The van der Waals surface area contributed by atoms with E-state index in [9.17, 15) is 0 Å². The van der Waals surface area contributed by atoms with Crippen LogP contribution >= 0.6 is 0 Å². The molecule has 1 aliphatic carbocycles. The summed E-state index contributed by atoms with van der Waals surface area (Å²) in [6.07, 6.45) is 5.51. The number of nitrogens with zero attached hydrogens (tertiary/aromatic N) is 4. The van der Waals surface area contributed by atoms with Crippen molar-refractivity contribution in [2.45, 2.75) is 45.2 Å². The predicted molar refractivity (Wildman–Crippen MR) is 171 cm³/mol. The van der Waals surface area contributed by atoms with Gasteiger partial charge in [-0.15, -0.1) is 0 Å². The predicted octanol–water partition coefficient (Wildman–Crippen LogP) is 6.45. The van der Waals surface area contributed by atoms with Gasteiger partial charge in [0, 0.05) is 68.1 Å². The van der Waals surface area contributed by atoms with Gasteiger partial charge >= 0.3 is 0 Å². The minimum Gasteiger partial charge on any atom is -0.367 e. The highest BCUT2D eigenvalue weighted by molar-refractivity contribution is 5.95. The van der Waals surface area contributed by atoms with Gasteiger partial charge in [0.15, 0.2) is 0 Å². The first-order valence-corrected chi connectivity index (χ1v) is 15.5. The topological polar surface area (TPSA) is 60.1 Å². The van der Waals surface area contributed by atoms with E-state index < -0.39 is 0 Å². The van der Waals surface area contributed by atoms with E-state index in [4.69, 9.17) is 4.98 Å². The van der Waals surface area contributed by atoms with Gasteiger partial charge in [-0.1, -0.05) is 54.6 Å². The standard InChI is InChI=1S/C36H38N6/c1-24-31(3-2-4-34(24)42-16-13-29-19-28(26-9-10-26)11-12-30(29)22-42)35-32-20-33(40-36(32)39-23-38-35)27-7-5-25(6-8-27)21-41-17-14-37-15-18-41/h2-8,11-12,19-20,23,26,37H,9-10,13-18,21-22H2,1H3,(H,38,39,40). The Morgan fingerprint density at radius 3 is 2.57 bits per heavy atom. The zero-order chi connectivity index (χ0) is 28.0. The average Bonchev–Trinajstić information content (AvgIpc) is 3.79. The molecule has 1 saturated heterocycles. The normalized spacial score (nSPS) is 17.5. The molecular weight excluding hydrogens is 516 g/mol. The highest BCUT2D eigenvalue weighted by Crippen LogP contribution is 2.42. The number of hydrogen-bond acceptors (Lipinski definition) is 5. The molecule has 6 nitrogen and oxygen atoms in total. The molecule has 3 aliphatic rings. The van der Waals surface area contributed by atoms with Crippen LogP contribution in [0.25, 0.3) is 33.5 Å². The number of benzene rings is 3. The minimum absolute atomic E-state index is 0.813. The Kier molecular flexibility index (Phi) is 6.53. The second kappa shape index (κ2) is 10.7. The molecule has 0 radical (unpaired) electrons. The van der Waals surface area contributed by atoms with Crippen molar-refractivity contribution in [1.82, 2.24) is 25.2 Å². The summed E-state index contributed by atoms with van der Waals surface area (Å²) in [5.74, 6) is 0.813. The molecule has 0 amide bonds. The number of aromatic amines is 1. The van der Waals surface area contributed by atoms with Crippen LogP contribution in [0.2, 0.25) is 0 Å². The molecule has 42 heavy (non-hydrogen) atoms. The SMILES string of the molecule is Cc1c(-c2ncnc3[nH]c(-c4ccc(CN5CCNCC5)cc4)cc23)cccc1N1CCc2cc(C3CC3)ccc2C1. The lowest BCUT2D eigenvalue weighted by Gasteiger charge is -2.32. The largest absolute Gasteiger partial charge is 0.367 e. The molecular formula is C36H38N6. The maximum Gasteiger partial charge on any atom is 0.141 e. The number of aromatic nitrogens is 3. The van der Waals surface area contributed by atoms with Crippen LogP contribution in [0.15, 0.2) is 73.1 Å². The number of hydrogen-bond donors (Lipinski definition) is 2. The van der Waals surface area contributed by atoms with E-state index in [1.807, 2.05) is 0 Å². The van der Waals surface area contributed by atoms with Gasteiger partial charge in [-0.25, -0.2) is 9.97 Å². The van der Waals surface area contributed by atoms with E-state index in [-0.39, 0.29) is 0 Å². The van der Waals surface area contributed by atoms with Gasteiger partial charge in [0.1, 0.15) is 12.0 Å². The van der Waals surface area contributed by atoms with Crippen molar-refractivity contribution >= 4 is 16.7 Å². The number of rotatable bonds is 6. The van der Waals surface area contributed by atoms with E-state index in [2.05, 4.69) is 98.7 Å². The smallest absolute Gasteiger partial charge is 0.141 e. The summed E-state index contributed by atoms with van der Waals surface area (Å²) in [5.41, 5.74) is 13.8. The first-order valence-electron chi connectivity index (χ1n) is 15.5. The molecule has 0 unspecified atom stereocenters. The van der Waals surface area contributed by atoms with Gasteiger partial charge in [0.2, 0.25) is 0 Å². The number of fused-ring (bicyclic) bond motifs is 2. The summed E-state index contributed by atoms with van der Waals surface area (Å²) < 4.78 is 0. The van der Waals surface area contributed by atoms with Crippen LogP contribution in [0.3, 0.4) is 0 Å². The van der Waals surface area contributed by atoms with E-state index in [1.54, 1.807) is 17.5 Å². The zero-order valence-electron chi connectivity index (χ0n) is 24.4. The van der Waals surface area contributed by atoms with Gasteiger partial charge in [-0.2, -0.15) is 0 Å². The molecule has 4 heterocycles. The molecule has 5 aromatic rings. The fourth-order valence-electron chi connectivity index (χ4n) is 6.90. The third-order valence-corrected chi connectivity index (χ3v) is 9.50. The number of nitrogens with one attached hydrogen (secondary N) is 2. The molecule has 2 fully saturated rings. The van der Waals surface area contributed by atoms with Crippen LogP contribution in [0, 0.1) is 6.92 Å². The molecule has 2 aromatic heterocycles. The Morgan fingerprint density at radius 2 is 1.74 bits per heavy atom. The van der Waals surface area contributed by atoms with Crippen molar-refractivity contribution in [2.24, 2.45) is 0 Å². The van der Waals surface area contributed by atoms with E-state index in [1.165, 1.54) is 46.3 Å². The summed E-state index contributed by atoms with van der Waals surface area (Å²) >= 11 is 0. The highest BCUT2D eigenvalue weighted by Gasteiger charge is 2.26. The molecule has 8 rings (SSSR count). The van der Waals surface area contributed by atoms with Gasteiger partial charge in [0.05, 0.1) is 5.69 Å². The molecule has 0 spiro atoms. The van der Waals surface area contributed by atoms with Gasteiger partial charge in [-0.3, -0.25) is 4.90 Å². The van der Waals surface area contributed by atoms with Crippen LogP contribution in [0.4, 0.5) is 5.69 Å². The highest BCUT2D eigenvalue weighted by atomic mass is 15.2. The van der Waals surface area contributed by atoms with Crippen molar-refractivity contribution in [2.75, 3.05) is 37.6 Å². The molecule has 2 aliphatic heterocycles. The van der Waals surface area contributed by atoms with Crippen LogP contribution in [-0.2, 0) is 19.5 Å². The molecule has 3 aromatic carbocycles. The second-order valence-electron chi connectivity index (χ2n) is 12.3. The van der Waals surface area contributed by atoms with E-state index >= 15 is 0 Å². The maximum absolute atomic E-state index is 4.82. The lowest BCUT2D eigenvalue weighted by atomic mass is 9.94. The summed E-state index contributed by atoms with van der Waals surface area (Å²) in [5, 5.41) is 4.50. The molecule has 6 heteroatoms. The first-order chi connectivity index (χ1) is 20.7. The monoisotopic (exact) mass is 554 g/mol. The average molecular weight is 555 g/mol. The Morgan fingerprint density at radius 1 is 0.881 bits per heavy atom.